The Labute approximate surface area is 202 Å². The monoisotopic (exact) mass is 470 g/mol. The fourth-order valence-corrected chi connectivity index (χ4v) is 4.98. The summed E-state index contributed by atoms with van der Waals surface area (Å²) in [5, 5.41) is 13.6. The molecular formula is C26H26N6OS. The van der Waals surface area contributed by atoms with Gasteiger partial charge in [-0.05, 0) is 63.7 Å². The number of thiophene rings is 1. The third-order valence-corrected chi connectivity index (χ3v) is 7.02. The Morgan fingerprint density at radius 3 is 2.59 bits per heavy atom. The minimum atomic E-state index is 0.0453. The van der Waals surface area contributed by atoms with E-state index in [1.807, 2.05) is 41.3 Å². The number of rotatable bonds is 6. The van der Waals surface area contributed by atoms with Crippen molar-refractivity contribution >= 4 is 23.3 Å². The summed E-state index contributed by atoms with van der Waals surface area (Å²) in [6.45, 7) is 6.09. The SMILES string of the molecule is Cc1csc(-c2cc(C(=O)N3CCN(C/C=C/c4ccccc4)CC3)cc(-n3cnnn3)c2)c1. The van der Waals surface area contributed by atoms with Crippen molar-refractivity contribution in [3.63, 3.8) is 0 Å². The van der Waals surface area contributed by atoms with Gasteiger partial charge in [-0.1, -0.05) is 42.5 Å². The van der Waals surface area contributed by atoms with E-state index in [1.54, 1.807) is 22.3 Å². The van der Waals surface area contributed by atoms with Crippen molar-refractivity contribution in [2.24, 2.45) is 0 Å². The number of hydrogen-bond donors (Lipinski definition) is 0. The van der Waals surface area contributed by atoms with E-state index in [4.69, 9.17) is 0 Å². The fourth-order valence-electron chi connectivity index (χ4n) is 4.09. The second-order valence-corrected chi connectivity index (χ2v) is 9.33. The number of piperazine rings is 1. The third kappa shape index (κ3) is 5.13. The summed E-state index contributed by atoms with van der Waals surface area (Å²) in [6, 6.07) is 18.3. The molecule has 3 heterocycles. The highest BCUT2D eigenvalue weighted by molar-refractivity contribution is 7.13. The number of hydrogen-bond acceptors (Lipinski definition) is 6. The Kier molecular flexibility index (Phi) is 6.60. The topological polar surface area (TPSA) is 67.2 Å². The highest BCUT2D eigenvalue weighted by Crippen LogP contribution is 2.30. The van der Waals surface area contributed by atoms with Crippen molar-refractivity contribution < 1.29 is 4.79 Å². The average Bonchev–Trinajstić information content (AvgIpc) is 3.57. The van der Waals surface area contributed by atoms with Gasteiger partial charge in [-0.15, -0.1) is 16.4 Å². The zero-order valence-corrected chi connectivity index (χ0v) is 19.9. The van der Waals surface area contributed by atoms with Gasteiger partial charge < -0.3 is 4.90 Å². The molecule has 1 aliphatic rings. The summed E-state index contributed by atoms with van der Waals surface area (Å²) in [6.07, 6.45) is 5.89. The van der Waals surface area contributed by atoms with Gasteiger partial charge in [0, 0.05) is 43.2 Å². The Morgan fingerprint density at radius 2 is 1.88 bits per heavy atom. The van der Waals surface area contributed by atoms with Gasteiger partial charge >= 0.3 is 0 Å². The van der Waals surface area contributed by atoms with Crippen LogP contribution in [0.25, 0.3) is 22.2 Å². The van der Waals surface area contributed by atoms with E-state index in [0.717, 1.165) is 35.8 Å². The summed E-state index contributed by atoms with van der Waals surface area (Å²) >= 11 is 1.67. The maximum Gasteiger partial charge on any atom is 0.254 e. The highest BCUT2D eigenvalue weighted by Gasteiger charge is 2.23. The first kappa shape index (κ1) is 22.2. The molecule has 5 rings (SSSR count). The van der Waals surface area contributed by atoms with Crippen LogP contribution in [0, 0.1) is 6.92 Å². The lowest BCUT2D eigenvalue weighted by molar-refractivity contribution is 0.0650. The van der Waals surface area contributed by atoms with E-state index in [9.17, 15) is 4.79 Å². The molecule has 0 unspecified atom stereocenters. The molecular weight excluding hydrogens is 444 g/mol. The standard InChI is InChI=1S/C26H26N6OS/c1-20-14-25(34-18-20)22-15-23(17-24(16-22)32-19-27-28-29-32)26(33)31-12-10-30(11-13-31)9-5-8-21-6-3-2-4-7-21/h2-8,14-19H,9-13H2,1H3/b8-5+. The van der Waals surface area contributed by atoms with Gasteiger partial charge in [-0.25, -0.2) is 4.68 Å². The van der Waals surface area contributed by atoms with Crippen LogP contribution in [0.15, 0.2) is 72.4 Å². The first-order valence-corrected chi connectivity index (χ1v) is 12.2. The Balaban J connectivity index is 1.29. The van der Waals surface area contributed by atoms with Gasteiger partial charge in [0.2, 0.25) is 0 Å². The average molecular weight is 471 g/mol. The maximum absolute atomic E-state index is 13.5. The molecule has 0 radical (unpaired) electrons. The lowest BCUT2D eigenvalue weighted by Crippen LogP contribution is -2.48. The van der Waals surface area contributed by atoms with Crippen LogP contribution in [0.2, 0.25) is 0 Å². The maximum atomic E-state index is 13.5. The minimum absolute atomic E-state index is 0.0453. The number of aromatic nitrogens is 4. The van der Waals surface area contributed by atoms with E-state index < -0.39 is 0 Å². The molecule has 1 amide bonds. The molecule has 172 valence electrons. The van der Waals surface area contributed by atoms with E-state index in [0.29, 0.717) is 18.7 Å². The van der Waals surface area contributed by atoms with Crippen LogP contribution in [-0.4, -0.2) is 68.6 Å². The minimum Gasteiger partial charge on any atom is -0.336 e. The zero-order chi connectivity index (χ0) is 23.3. The van der Waals surface area contributed by atoms with E-state index in [-0.39, 0.29) is 5.91 Å². The van der Waals surface area contributed by atoms with Crippen molar-refractivity contribution in [1.29, 1.82) is 0 Å². The summed E-state index contributed by atoms with van der Waals surface area (Å²) in [7, 11) is 0. The van der Waals surface area contributed by atoms with Crippen molar-refractivity contribution in [2.45, 2.75) is 6.92 Å². The molecule has 34 heavy (non-hydrogen) atoms. The van der Waals surface area contributed by atoms with Gasteiger partial charge in [-0.2, -0.15) is 0 Å². The van der Waals surface area contributed by atoms with Crippen LogP contribution < -0.4 is 0 Å². The normalized spacial score (nSPS) is 14.7. The molecule has 1 saturated heterocycles. The second-order valence-electron chi connectivity index (χ2n) is 8.42. The molecule has 0 atom stereocenters. The van der Waals surface area contributed by atoms with Gasteiger partial charge in [0.05, 0.1) is 5.69 Å². The van der Waals surface area contributed by atoms with Gasteiger partial charge in [-0.3, -0.25) is 9.69 Å². The van der Waals surface area contributed by atoms with Crippen molar-refractivity contribution in [3.05, 3.63) is 89.1 Å². The van der Waals surface area contributed by atoms with Gasteiger partial charge in [0.15, 0.2) is 0 Å². The first-order chi connectivity index (χ1) is 16.7. The largest absolute Gasteiger partial charge is 0.336 e. The number of nitrogens with zero attached hydrogens (tertiary/aromatic N) is 6. The summed E-state index contributed by atoms with van der Waals surface area (Å²) in [5.41, 5.74) is 4.85. The number of tetrazole rings is 1. The van der Waals surface area contributed by atoms with Crippen molar-refractivity contribution in [3.8, 4) is 16.1 Å². The number of carbonyl (C=O) groups is 1. The molecule has 0 aliphatic carbocycles. The van der Waals surface area contributed by atoms with E-state index >= 15 is 0 Å². The predicted molar refractivity (Wildman–Crippen MR) is 135 cm³/mol. The van der Waals surface area contributed by atoms with Crippen LogP contribution in [-0.2, 0) is 0 Å². The Hall–Kier alpha value is -3.62. The molecule has 8 heteroatoms. The Bertz CT molecular complexity index is 1270. The molecule has 4 aromatic rings. The zero-order valence-electron chi connectivity index (χ0n) is 19.0. The summed E-state index contributed by atoms with van der Waals surface area (Å²) in [4.78, 5) is 18.9. The quantitative estimate of drug-likeness (QED) is 0.423. The van der Waals surface area contributed by atoms with Crippen LogP contribution in [0.5, 0.6) is 0 Å². The van der Waals surface area contributed by atoms with Crippen LogP contribution in [0.4, 0.5) is 0 Å². The van der Waals surface area contributed by atoms with E-state index in [2.05, 4.69) is 63.1 Å². The molecule has 1 fully saturated rings. The first-order valence-electron chi connectivity index (χ1n) is 11.3. The summed E-state index contributed by atoms with van der Waals surface area (Å²) in [5.74, 6) is 0.0453. The smallest absolute Gasteiger partial charge is 0.254 e. The van der Waals surface area contributed by atoms with Gasteiger partial charge in [0.25, 0.3) is 5.91 Å². The molecule has 2 aromatic heterocycles. The highest BCUT2D eigenvalue weighted by atomic mass is 32.1. The van der Waals surface area contributed by atoms with Gasteiger partial charge in [0.1, 0.15) is 6.33 Å². The lowest BCUT2D eigenvalue weighted by atomic mass is 10.1. The molecule has 7 nitrogen and oxygen atoms in total. The predicted octanol–water partition coefficient (Wildman–Crippen LogP) is 4.17. The number of benzene rings is 2. The fraction of sp³-hybridized carbons (Fsp3) is 0.231. The number of carbonyl (C=O) groups excluding carboxylic acids is 1. The molecule has 0 saturated carbocycles. The molecule has 1 aliphatic heterocycles. The van der Waals surface area contributed by atoms with Crippen molar-refractivity contribution in [1.82, 2.24) is 30.0 Å². The number of amides is 1. The third-order valence-electron chi connectivity index (χ3n) is 5.93. The van der Waals surface area contributed by atoms with Crippen LogP contribution in [0.3, 0.4) is 0 Å². The van der Waals surface area contributed by atoms with E-state index in [1.165, 1.54) is 11.1 Å². The lowest BCUT2D eigenvalue weighted by Gasteiger charge is -2.34. The number of aryl methyl sites for hydroxylation is 1. The Morgan fingerprint density at radius 1 is 1.06 bits per heavy atom. The molecule has 0 bridgehead atoms. The molecule has 0 N–H and O–H groups in total. The van der Waals surface area contributed by atoms with Crippen LogP contribution >= 0.6 is 11.3 Å². The van der Waals surface area contributed by atoms with Crippen molar-refractivity contribution in [2.75, 3.05) is 32.7 Å². The second kappa shape index (κ2) is 10.1. The molecule has 0 spiro atoms. The van der Waals surface area contributed by atoms with Crippen LogP contribution in [0.1, 0.15) is 21.5 Å². The molecule has 2 aromatic carbocycles. The summed E-state index contributed by atoms with van der Waals surface area (Å²) < 4.78 is 1.59.